The van der Waals surface area contributed by atoms with E-state index < -0.39 is 132 Å². The SMILES string of the molecule is CC[C@H](C)[C@@H]([C@@H](CC(=O)N1CCC[C@H]1[C@H](OC)[C@@H](C)C(=O)N[C@H](C)[C@@H](O)c1ccccc1)OC)N(C)C(=O)[C@@H](NC(=O)[C@H](C(C)C)N(C)C(=O)OCc1ccc(NC(=O)[C@H](C)NC(=O)[C@@H](NC(=O)[C@@H](N)CCC(=O)OC(C)(C)C)C(C)C)cc1)C(C)C. The maximum Gasteiger partial charge on any atom is 0.410 e. The molecule has 2 aromatic rings. The van der Waals surface area contributed by atoms with E-state index >= 15 is 0 Å². The molecule has 1 aliphatic heterocycles. The number of likely N-dealkylation sites (tertiary alicyclic amines) is 1. The number of rotatable bonds is 32. The standard InChI is InChI=1S/C64H103N9O14/c1-19-39(8)54(48(84-17)34-49(74)73-33-23-26-47(73)56(85-18)40(9)57(77)66-41(10)55(76)44-24-21-20-22-25-44)71(15)62(82)52(37(4)5)70-61(81)53(38(6)7)72(16)63(83)86-35-43-27-29-45(30-28-43)68-58(78)42(11)67-60(80)51(36(2)3)69-59(79)46(65)31-32-50(75)87-64(12,13)14/h20-22,24-25,27-30,36-42,46-48,51-56,76H,19,23,26,31-35,65H2,1-18H3,(H,66,77)(H,67,80)(H,68,78)(H,69,79)(H,70,81)/t39-,40+,41+,42-,46-,47-,48+,51-,52-,53-,54-,55+,56+/m0/s1. The lowest BCUT2D eigenvalue weighted by atomic mass is 9.89. The predicted octanol–water partition coefficient (Wildman–Crippen LogP) is 5.61. The highest BCUT2D eigenvalue weighted by Crippen LogP contribution is 2.30. The number of aliphatic hydroxyl groups excluding tert-OH is 1. The number of likely N-dealkylation sites (N-methyl/N-ethyl adjacent to an activating group) is 2. The molecule has 0 aliphatic carbocycles. The Kier molecular flexibility index (Phi) is 29.8. The average Bonchev–Trinajstić information content (AvgIpc) is 3.56. The minimum atomic E-state index is -1.08. The number of hydrogen-bond donors (Lipinski definition) is 7. The van der Waals surface area contributed by atoms with E-state index in [9.17, 15) is 48.3 Å². The average molecular weight is 1220 g/mol. The lowest BCUT2D eigenvalue weighted by molar-refractivity contribution is -0.155. The van der Waals surface area contributed by atoms with Gasteiger partial charge in [-0.05, 0) is 101 Å². The van der Waals surface area contributed by atoms with E-state index in [0.717, 1.165) is 0 Å². The fourth-order valence-electron chi connectivity index (χ4n) is 10.8. The normalized spacial score (nSPS) is 17.6. The zero-order chi connectivity index (χ0) is 65.8. The molecule has 3 rings (SSSR count). The van der Waals surface area contributed by atoms with Crippen molar-refractivity contribution in [1.82, 2.24) is 36.0 Å². The summed E-state index contributed by atoms with van der Waals surface area (Å²) in [6.07, 6.45) is -1.40. The van der Waals surface area contributed by atoms with E-state index in [1.54, 1.807) is 129 Å². The van der Waals surface area contributed by atoms with Crippen LogP contribution in [-0.2, 0) is 63.9 Å². The molecule has 1 saturated heterocycles. The summed E-state index contributed by atoms with van der Waals surface area (Å²) in [4.78, 5) is 127. The third kappa shape index (κ3) is 22.1. The van der Waals surface area contributed by atoms with Gasteiger partial charge in [-0.25, -0.2) is 4.79 Å². The van der Waals surface area contributed by atoms with Crippen molar-refractivity contribution in [3.05, 3.63) is 65.7 Å². The Morgan fingerprint density at radius 3 is 1.86 bits per heavy atom. The fraction of sp³-hybridized carbons (Fsp3) is 0.672. The molecule has 488 valence electrons. The maximum absolute atomic E-state index is 14.8. The summed E-state index contributed by atoms with van der Waals surface area (Å²) in [5, 5.41) is 24.8. The first-order valence-electron chi connectivity index (χ1n) is 30.5. The number of carbonyl (C=O) groups excluding carboxylic acids is 9. The van der Waals surface area contributed by atoms with Crippen LogP contribution in [0.5, 0.6) is 0 Å². The van der Waals surface area contributed by atoms with Crippen molar-refractivity contribution in [3.63, 3.8) is 0 Å². The van der Waals surface area contributed by atoms with Gasteiger partial charge < -0.3 is 66.2 Å². The van der Waals surface area contributed by atoms with E-state index in [1.165, 1.54) is 33.1 Å². The van der Waals surface area contributed by atoms with Crippen LogP contribution in [0.1, 0.15) is 153 Å². The first-order valence-corrected chi connectivity index (χ1v) is 30.5. The Labute approximate surface area is 516 Å². The molecule has 0 radical (unpaired) electrons. The summed E-state index contributed by atoms with van der Waals surface area (Å²) in [6, 6.07) is 8.64. The zero-order valence-corrected chi connectivity index (χ0v) is 54.8. The molecule has 0 aromatic heterocycles. The summed E-state index contributed by atoms with van der Waals surface area (Å²) in [6.45, 7) is 25.0. The van der Waals surface area contributed by atoms with Crippen LogP contribution in [0.3, 0.4) is 0 Å². The summed E-state index contributed by atoms with van der Waals surface area (Å²) in [5.41, 5.74) is 6.95. The van der Waals surface area contributed by atoms with Gasteiger partial charge in [-0.15, -0.1) is 0 Å². The van der Waals surface area contributed by atoms with Crippen LogP contribution in [-0.4, -0.2) is 174 Å². The van der Waals surface area contributed by atoms with Crippen molar-refractivity contribution in [1.29, 1.82) is 0 Å². The second-order valence-electron chi connectivity index (χ2n) is 25.2. The van der Waals surface area contributed by atoms with Crippen LogP contribution < -0.4 is 32.3 Å². The topological polar surface area (TPSA) is 307 Å². The first-order chi connectivity index (χ1) is 40.7. The van der Waals surface area contributed by atoms with Gasteiger partial charge >= 0.3 is 12.1 Å². The van der Waals surface area contributed by atoms with E-state index in [-0.39, 0.29) is 49.5 Å². The number of methoxy groups -OCH3 is 2. The molecular formula is C64H103N9O14. The van der Waals surface area contributed by atoms with Gasteiger partial charge in [-0.3, -0.25) is 43.3 Å². The Bertz CT molecular complexity index is 2580. The summed E-state index contributed by atoms with van der Waals surface area (Å²) in [7, 11) is 6.11. The third-order valence-electron chi connectivity index (χ3n) is 16.1. The molecule has 1 fully saturated rings. The fourth-order valence-corrected chi connectivity index (χ4v) is 10.8. The van der Waals surface area contributed by atoms with Gasteiger partial charge in [-0.1, -0.05) is 111 Å². The number of carbonyl (C=O) groups is 9. The van der Waals surface area contributed by atoms with Crippen LogP contribution in [0.4, 0.5) is 10.5 Å². The highest BCUT2D eigenvalue weighted by atomic mass is 16.6. The molecule has 2 aromatic carbocycles. The van der Waals surface area contributed by atoms with Gasteiger partial charge in [0.15, 0.2) is 0 Å². The summed E-state index contributed by atoms with van der Waals surface area (Å²) in [5.74, 6) is -5.87. The van der Waals surface area contributed by atoms with Crippen molar-refractivity contribution < 1.29 is 67.2 Å². The van der Waals surface area contributed by atoms with Crippen LogP contribution in [0.2, 0.25) is 0 Å². The summed E-state index contributed by atoms with van der Waals surface area (Å²) >= 11 is 0. The number of amides is 8. The molecule has 0 spiro atoms. The second kappa shape index (κ2) is 34.7. The van der Waals surface area contributed by atoms with Crippen molar-refractivity contribution >= 4 is 59.1 Å². The van der Waals surface area contributed by atoms with Crippen molar-refractivity contribution in [2.24, 2.45) is 35.3 Å². The number of anilines is 1. The number of nitrogens with one attached hydrogen (secondary N) is 5. The molecule has 87 heavy (non-hydrogen) atoms. The molecule has 0 bridgehead atoms. The monoisotopic (exact) mass is 1220 g/mol. The van der Waals surface area contributed by atoms with Crippen molar-refractivity contribution in [2.75, 3.05) is 40.2 Å². The number of nitrogens with two attached hydrogens (primary N) is 1. The van der Waals surface area contributed by atoms with Crippen LogP contribution in [0.25, 0.3) is 0 Å². The van der Waals surface area contributed by atoms with Gasteiger partial charge in [0.1, 0.15) is 36.4 Å². The van der Waals surface area contributed by atoms with Gasteiger partial charge in [-0.2, -0.15) is 0 Å². The highest BCUT2D eigenvalue weighted by Gasteiger charge is 2.44. The van der Waals surface area contributed by atoms with Gasteiger partial charge in [0.2, 0.25) is 41.4 Å². The minimum Gasteiger partial charge on any atom is -0.460 e. The van der Waals surface area contributed by atoms with E-state index in [2.05, 4.69) is 26.6 Å². The molecular weight excluding hydrogens is 1120 g/mol. The van der Waals surface area contributed by atoms with Gasteiger partial charge in [0.25, 0.3) is 0 Å². The number of esters is 1. The molecule has 23 heteroatoms. The Hall–Kier alpha value is -6.69. The quantitative estimate of drug-likeness (QED) is 0.0438. The molecule has 1 aliphatic rings. The van der Waals surface area contributed by atoms with Crippen molar-refractivity contribution in [3.8, 4) is 0 Å². The Balaban J connectivity index is 1.64. The molecule has 23 nitrogen and oxygen atoms in total. The largest absolute Gasteiger partial charge is 0.460 e. The highest BCUT2D eigenvalue weighted by molar-refractivity contribution is 5.98. The molecule has 0 unspecified atom stereocenters. The van der Waals surface area contributed by atoms with Gasteiger partial charge in [0, 0.05) is 47.0 Å². The maximum atomic E-state index is 14.8. The lowest BCUT2D eigenvalue weighted by Crippen LogP contribution is -2.60. The van der Waals surface area contributed by atoms with E-state index in [4.69, 9.17) is 24.7 Å². The number of hydrogen-bond acceptors (Lipinski definition) is 15. The molecule has 8 amide bonds. The Morgan fingerprint density at radius 2 is 1.32 bits per heavy atom. The van der Waals surface area contributed by atoms with Crippen LogP contribution in [0.15, 0.2) is 54.6 Å². The summed E-state index contributed by atoms with van der Waals surface area (Å²) < 4.78 is 23.0. The number of nitrogens with zero attached hydrogens (tertiary/aromatic N) is 3. The number of ether oxygens (including phenoxy) is 4. The zero-order valence-electron chi connectivity index (χ0n) is 54.8. The number of aliphatic hydroxyl groups is 1. The Morgan fingerprint density at radius 1 is 0.724 bits per heavy atom. The first kappa shape index (κ1) is 74.6. The van der Waals surface area contributed by atoms with Gasteiger partial charge in [0.05, 0.1) is 54.8 Å². The van der Waals surface area contributed by atoms with Crippen LogP contribution in [0, 0.1) is 29.6 Å². The third-order valence-corrected chi connectivity index (χ3v) is 16.1. The minimum absolute atomic E-state index is 0.00602. The molecule has 13 atom stereocenters. The second-order valence-corrected chi connectivity index (χ2v) is 25.2. The van der Waals surface area contributed by atoms with Crippen LogP contribution >= 0.6 is 0 Å². The predicted molar refractivity (Wildman–Crippen MR) is 331 cm³/mol. The molecule has 1 heterocycles. The number of benzene rings is 2. The molecule has 0 saturated carbocycles. The lowest BCUT2D eigenvalue weighted by Gasteiger charge is -2.41. The molecule has 8 N–H and O–H groups in total. The van der Waals surface area contributed by atoms with Crippen molar-refractivity contribution in [2.45, 2.75) is 214 Å². The smallest absolute Gasteiger partial charge is 0.410 e. The van der Waals surface area contributed by atoms with E-state index in [0.29, 0.717) is 42.6 Å². The van der Waals surface area contributed by atoms with E-state index in [1.807, 2.05) is 32.0 Å².